The molecule has 0 radical (unpaired) electrons. The molecule has 0 aliphatic rings. The average Bonchev–Trinajstić information content (AvgIpc) is 2.57. The molecule has 0 nitrogen and oxygen atoms in total. The van der Waals surface area contributed by atoms with Crippen molar-refractivity contribution in [3.05, 3.63) is 55.0 Å². The Labute approximate surface area is 229 Å². The number of benzene rings is 2. The molecule has 0 saturated carbocycles. The number of halogens is 10. The van der Waals surface area contributed by atoms with E-state index >= 15 is 0 Å². The monoisotopic (exact) mass is 1010 g/mol. The van der Waals surface area contributed by atoms with Crippen LogP contribution in [0.15, 0.2) is 40.3 Å². The van der Waals surface area contributed by atoms with Crippen molar-refractivity contribution in [2.75, 3.05) is 0 Å². The van der Waals surface area contributed by atoms with Gasteiger partial charge in [-0.2, -0.15) is 0 Å². The van der Waals surface area contributed by atoms with E-state index in [1.165, 1.54) is 11.1 Å². The van der Waals surface area contributed by atoms with E-state index in [1.54, 1.807) is 0 Å². The average molecular weight is 1020 g/mol. The molecule has 2 aromatic rings. The predicted octanol–water partition coefficient (Wildman–Crippen LogP) is 10.9. The Morgan fingerprint density at radius 3 is 1.00 bits per heavy atom. The van der Waals surface area contributed by atoms with Gasteiger partial charge in [-0.1, -0.05) is 0 Å². The second kappa shape index (κ2) is 10.00. The van der Waals surface area contributed by atoms with Crippen molar-refractivity contribution in [3.8, 4) is 0 Å². The summed E-state index contributed by atoms with van der Waals surface area (Å²) in [6.07, 6.45) is 1.73. The molecule has 2 aromatic carbocycles. The third-order valence-electron chi connectivity index (χ3n) is 3.23. The Bertz CT molecular complexity index is 704. The molecule has 0 atom stereocenters. The summed E-state index contributed by atoms with van der Waals surface area (Å²) in [5.41, 5.74) is 2.41. The molecule has 0 saturated heterocycles. The standard InChI is InChI=1S/C14H4Br9I/c15-5-3(6(16)10(20)11(21)9(5)19)1-2-4-7(17)12(22)14(24)13(23)8(4)18/h1-2H2. The van der Waals surface area contributed by atoms with Gasteiger partial charge in [-0.3, -0.25) is 0 Å². The van der Waals surface area contributed by atoms with E-state index in [1.807, 2.05) is 0 Å². The van der Waals surface area contributed by atoms with Crippen molar-refractivity contribution in [3.63, 3.8) is 0 Å². The fourth-order valence-electron chi connectivity index (χ4n) is 1.99. The molecule has 0 amide bonds. The minimum atomic E-state index is 0.863. The van der Waals surface area contributed by atoms with Crippen molar-refractivity contribution < 1.29 is 0 Å². The van der Waals surface area contributed by atoms with Crippen LogP contribution < -0.4 is 0 Å². The normalized spacial score (nSPS) is 11.2. The van der Waals surface area contributed by atoms with Crippen LogP contribution in [0.5, 0.6) is 0 Å². The number of rotatable bonds is 3. The summed E-state index contributed by atoms with van der Waals surface area (Å²) in [4.78, 5) is 0. The minimum absolute atomic E-state index is 0.863. The van der Waals surface area contributed by atoms with Gasteiger partial charge < -0.3 is 0 Å². The zero-order valence-electron chi connectivity index (χ0n) is 11.2. The highest BCUT2D eigenvalue weighted by Gasteiger charge is 2.21. The van der Waals surface area contributed by atoms with E-state index in [9.17, 15) is 0 Å². The summed E-state index contributed by atoms with van der Waals surface area (Å²) >= 11 is 35.3. The van der Waals surface area contributed by atoms with Crippen molar-refractivity contribution in [2.24, 2.45) is 0 Å². The van der Waals surface area contributed by atoms with Crippen molar-refractivity contribution in [1.29, 1.82) is 0 Å². The van der Waals surface area contributed by atoms with Gasteiger partial charge in [0.25, 0.3) is 0 Å². The third kappa shape index (κ3) is 4.79. The molecule has 130 valence electrons. The van der Waals surface area contributed by atoms with Gasteiger partial charge in [0.15, 0.2) is 0 Å². The van der Waals surface area contributed by atoms with Gasteiger partial charge in [0, 0.05) is 43.8 Å². The van der Waals surface area contributed by atoms with Crippen LogP contribution in [-0.4, -0.2) is 0 Å². The molecule has 2 rings (SSSR count). The third-order valence-corrected chi connectivity index (χ3v) is 16.4. The zero-order valence-corrected chi connectivity index (χ0v) is 27.6. The van der Waals surface area contributed by atoms with Crippen LogP contribution in [0, 0.1) is 3.57 Å². The van der Waals surface area contributed by atoms with Gasteiger partial charge >= 0.3 is 0 Å². The largest absolute Gasteiger partial charge is 0.0492 e. The Morgan fingerprint density at radius 1 is 0.417 bits per heavy atom. The lowest BCUT2D eigenvalue weighted by Crippen LogP contribution is -2.00. The van der Waals surface area contributed by atoms with E-state index in [0.717, 1.165) is 56.7 Å². The highest BCUT2D eigenvalue weighted by Crippen LogP contribution is 2.46. The maximum atomic E-state index is 3.72. The van der Waals surface area contributed by atoms with Crippen molar-refractivity contribution >= 4 is 166 Å². The summed E-state index contributed by atoms with van der Waals surface area (Å²) < 4.78 is 10.5. The second-order valence-corrected chi connectivity index (χ2v) is 12.8. The van der Waals surface area contributed by atoms with Crippen LogP contribution >= 0.6 is 166 Å². The Kier molecular flexibility index (Phi) is 9.90. The molecule has 0 bridgehead atoms. The van der Waals surface area contributed by atoms with Crippen LogP contribution in [0.25, 0.3) is 0 Å². The molecule has 24 heavy (non-hydrogen) atoms. The van der Waals surface area contributed by atoms with Crippen LogP contribution in [0.3, 0.4) is 0 Å². The quantitative estimate of drug-likeness (QED) is 0.163. The summed E-state index contributed by atoms with van der Waals surface area (Å²) in [6, 6.07) is 0. The molecule has 0 unspecified atom stereocenters. The summed E-state index contributed by atoms with van der Waals surface area (Å²) in [5.74, 6) is 0. The van der Waals surface area contributed by atoms with E-state index in [-0.39, 0.29) is 0 Å². The molecule has 0 aromatic heterocycles. The highest BCUT2D eigenvalue weighted by molar-refractivity contribution is 14.1. The topological polar surface area (TPSA) is 0 Å². The van der Waals surface area contributed by atoms with Crippen molar-refractivity contribution in [1.82, 2.24) is 0 Å². The first kappa shape index (κ1) is 23.8. The Hall–Kier alpha value is 3.49. The maximum Gasteiger partial charge on any atom is 0.0482 e. The first-order valence-electron chi connectivity index (χ1n) is 6.10. The Morgan fingerprint density at radius 2 is 0.667 bits per heavy atom. The van der Waals surface area contributed by atoms with Gasteiger partial charge in [0.05, 0.1) is 0 Å². The first-order valence-corrected chi connectivity index (χ1v) is 14.3. The Balaban J connectivity index is 2.48. The second-order valence-electron chi connectivity index (χ2n) is 4.60. The van der Waals surface area contributed by atoms with Crippen molar-refractivity contribution in [2.45, 2.75) is 12.8 Å². The molecule has 10 heteroatoms. The van der Waals surface area contributed by atoms with Gasteiger partial charge in [0.2, 0.25) is 0 Å². The fraction of sp³-hybridized carbons (Fsp3) is 0.143. The van der Waals surface area contributed by atoms with E-state index in [2.05, 4.69) is 166 Å². The maximum absolute atomic E-state index is 3.72. The van der Waals surface area contributed by atoms with E-state index < -0.39 is 0 Å². The van der Waals surface area contributed by atoms with Gasteiger partial charge in [-0.05, 0) is 190 Å². The predicted molar refractivity (Wildman–Crippen MR) is 142 cm³/mol. The molecule has 0 aliphatic carbocycles. The number of hydrogen-bond acceptors (Lipinski definition) is 0. The molecule has 0 aliphatic heterocycles. The lowest BCUT2D eigenvalue weighted by atomic mass is 10.0. The lowest BCUT2D eigenvalue weighted by Gasteiger charge is -2.16. The zero-order chi connectivity index (χ0) is 18.3. The number of hydrogen-bond donors (Lipinski definition) is 0. The van der Waals surface area contributed by atoms with Crippen LogP contribution in [0.2, 0.25) is 0 Å². The first-order chi connectivity index (χ1) is 11.1. The molecule has 0 N–H and O–H groups in total. The summed E-state index contributed by atoms with van der Waals surface area (Å²) in [7, 11) is 0. The van der Waals surface area contributed by atoms with Crippen LogP contribution in [0.1, 0.15) is 11.1 Å². The molecule has 0 fully saturated rings. The summed E-state index contributed by atoms with van der Waals surface area (Å²) in [5, 5.41) is 0. The van der Waals surface area contributed by atoms with E-state index in [4.69, 9.17) is 0 Å². The van der Waals surface area contributed by atoms with Crippen LogP contribution in [0.4, 0.5) is 0 Å². The smallest absolute Gasteiger partial charge is 0.0482 e. The highest BCUT2D eigenvalue weighted by atomic mass is 127. The molecule has 0 heterocycles. The van der Waals surface area contributed by atoms with Gasteiger partial charge in [-0.25, -0.2) is 0 Å². The summed E-state index contributed by atoms with van der Waals surface area (Å²) in [6.45, 7) is 0. The SMILES string of the molecule is Brc1c(Br)c(Br)c(CCc2c(Br)c(Br)c(I)c(Br)c2Br)c(Br)c1Br. The molecular formula is C14H4Br9I. The van der Waals surface area contributed by atoms with E-state index in [0.29, 0.717) is 0 Å². The molecular weight excluding hydrogens is 1010 g/mol. The molecule has 0 spiro atoms. The van der Waals surface area contributed by atoms with Gasteiger partial charge in [-0.15, -0.1) is 0 Å². The minimum Gasteiger partial charge on any atom is -0.0492 e. The fourth-order valence-corrected chi connectivity index (χ4v) is 9.39. The lowest BCUT2D eigenvalue weighted by molar-refractivity contribution is 0.929. The van der Waals surface area contributed by atoms with Gasteiger partial charge in [0.1, 0.15) is 0 Å². The van der Waals surface area contributed by atoms with Crippen LogP contribution in [-0.2, 0) is 12.8 Å².